The van der Waals surface area contributed by atoms with Crippen molar-refractivity contribution < 1.29 is 18.8 Å². The van der Waals surface area contributed by atoms with E-state index in [-0.39, 0.29) is 36.0 Å². The molecule has 0 spiro atoms. The van der Waals surface area contributed by atoms with E-state index in [9.17, 15) is 14.4 Å². The van der Waals surface area contributed by atoms with Crippen LogP contribution in [0.2, 0.25) is 0 Å². The maximum absolute atomic E-state index is 12.5. The summed E-state index contributed by atoms with van der Waals surface area (Å²) < 4.78 is 5.27. The highest BCUT2D eigenvalue weighted by Gasteiger charge is 2.34. The van der Waals surface area contributed by atoms with Crippen molar-refractivity contribution in [3.8, 4) is 0 Å². The highest BCUT2D eigenvalue weighted by Crippen LogP contribution is 2.30. The van der Waals surface area contributed by atoms with E-state index >= 15 is 0 Å². The number of nitrogens with zero attached hydrogens (tertiary/aromatic N) is 1. The van der Waals surface area contributed by atoms with Crippen LogP contribution in [0.15, 0.2) is 47.1 Å². The molecule has 1 aromatic carbocycles. The molecule has 2 fully saturated rings. The van der Waals surface area contributed by atoms with Gasteiger partial charge < -0.3 is 20.0 Å². The summed E-state index contributed by atoms with van der Waals surface area (Å²) in [5.41, 5.74) is 1.35. The van der Waals surface area contributed by atoms with Gasteiger partial charge in [0.2, 0.25) is 17.7 Å². The molecule has 1 aliphatic heterocycles. The number of nitrogens with one attached hydrogen (secondary N) is 2. The van der Waals surface area contributed by atoms with Gasteiger partial charge in [-0.3, -0.25) is 14.4 Å². The topological polar surface area (TPSA) is 91.7 Å². The predicted octanol–water partition coefficient (Wildman–Crippen LogP) is 2.62. The van der Waals surface area contributed by atoms with E-state index in [0.717, 1.165) is 12.8 Å². The molecule has 1 atom stereocenters. The fourth-order valence-corrected chi connectivity index (χ4v) is 3.16. The first-order valence-electron chi connectivity index (χ1n) is 9.10. The number of furan rings is 1. The summed E-state index contributed by atoms with van der Waals surface area (Å²) in [4.78, 5) is 38.0. The minimum Gasteiger partial charge on any atom is -0.467 e. The Morgan fingerprint density at radius 1 is 1.00 bits per heavy atom. The van der Waals surface area contributed by atoms with Gasteiger partial charge in [0.15, 0.2) is 0 Å². The van der Waals surface area contributed by atoms with Crippen LogP contribution in [0, 0.1) is 11.8 Å². The van der Waals surface area contributed by atoms with Crippen LogP contribution in [0.5, 0.6) is 0 Å². The van der Waals surface area contributed by atoms with E-state index in [1.807, 2.05) is 6.07 Å². The van der Waals surface area contributed by atoms with Crippen LogP contribution in [0.1, 0.15) is 25.0 Å². The van der Waals surface area contributed by atoms with Crippen molar-refractivity contribution >= 4 is 29.1 Å². The molecule has 7 heteroatoms. The molecule has 27 heavy (non-hydrogen) atoms. The average Bonchev–Trinajstić information content (AvgIpc) is 3.28. The molecule has 0 bridgehead atoms. The molecule has 4 rings (SSSR count). The Kier molecular flexibility index (Phi) is 4.66. The minimum atomic E-state index is -0.387. The van der Waals surface area contributed by atoms with Crippen LogP contribution < -0.4 is 10.6 Å². The number of hydrogen-bond donors (Lipinski definition) is 2. The molecule has 140 valence electrons. The number of anilines is 2. The SMILES string of the molecule is O=C(Nc1ccc(NC(=O)C2CC(=O)N(Cc3ccco3)C2)cc1)C1CC1. The first-order valence-corrected chi connectivity index (χ1v) is 9.10. The van der Waals surface area contributed by atoms with Gasteiger partial charge in [0.05, 0.1) is 18.7 Å². The second-order valence-corrected chi connectivity index (χ2v) is 7.08. The zero-order chi connectivity index (χ0) is 18.8. The Hall–Kier alpha value is -3.09. The summed E-state index contributed by atoms with van der Waals surface area (Å²) in [6.45, 7) is 0.756. The van der Waals surface area contributed by atoms with E-state index in [4.69, 9.17) is 4.42 Å². The summed E-state index contributed by atoms with van der Waals surface area (Å²) in [5, 5.41) is 5.71. The maximum atomic E-state index is 12.5. The molecular weight excluding hydrogens is 346 g/mol. The Morgan fingerprint density at radius 2 is 1.63 bits per heavy atom. The largest absolute Gasteiger partial charge is 0.467 e. The summed E-state index contributed by atoms with van der Waals surface area (Å²) >= 11 is 0. The Balaban J connectivity index is 1.30. The summed E-state index contributed by atoms with van der Waals surface area (Å²) in [5.74, 6) is 0.279. The van der Waals surface area contributed by atoms with Crippen LogP contribution in [0.3, 0.4) is 0 Å². The van der Waals surface area contributed by atoms with Crippen LogP contribution in [-0.2, 0) is 20.9 Å². The van der Waals surface area contributed by atoms with Gasteiger partial charge in [-0.05, 0) is 49.2 Å². The van der Waals surface area contributed by atoms with Crippen molar-refractivity contribution in [2.45, 2.75) is 25.8 Å². The lowest BCUT2D eigenvalue weighted by atomic mass is 10.1. The van der Waals surface area contributed by atoms with Gasteiger partial charge in [-0.2, -0.15) is 0 Å². The third-order valence-corrected chi connectivity index (χ3v) is 4.88. The molecule has 7 nitrogen and oxygen atoms in total. The number of likely N-dealkylation sites (tertiary alicyclic amines) is 1. The van der Waals surface area contributed by atoms with Gasteiger partial charge >= 0.3 is 0 Å². The Morgan fingerprint density at radius 3 is 2.19 bits per heavy atom. The Bertz CT molecular complexity index is 841. The van der Waals surface area contributed by atoms with E-state index in [1.54, 1.807) is 41.5 Å². The highest BCUT2D eigenvalue weighted by molar-refractivity contribution is 5.98. The third-order valence-electron chi connectivity index (χ3n) is 4.88. The molecule has 1 unspecified atom stereocenters. The molecule has 2 aromatic rings. The molecule has 3 amide bonds. The van der Waals surface area contributed by atoms with Crippen LogP contribution in [-0.4, -0.2) is 29.2 Å². The van der Waals surface area contributed by atoms with Crippen molar-refractivity contribution in [2.75, 3.05) is 17.2 Å². The normalized spacial score (nSPS) is 19.2. The highest BCUT2D eigenvalue weighted by atomic mass is 16.3. The van der Waals surface area contributed by atoms with Crippen LogP contribution in [0.4, 0.5) is 11.4 Å². The fourth-order valence-electron chi connectivity index (χ4n) is 3.16. The number of amides is 3. The molecule has 2 N–H and O–H groups in total. The molecule has 1 aliphatic carbocycles. The lowest BCUT2D eigenvalue weighted by Gasteiger charge is -2.15. The van der Waals surface area contributed by atoms with E-state index in [2.05, 4.69) is 10.6 Å². The van der Waals surface area contributed by atoms with Crippen molar-refractivity contribution in [3.05, 3.63) is 48.4 Å². The number of benzene rings is 1. The van der Waals surface area contributed by atoms with Gasteiger partial charge in [0.1, 0.15) is 5.76 Å². The monoisotopic (exact) mass is 367 g/mol. The van der Waals surface area contributed by atoms with Crippen molar-refractivity contribution in [2.24, 2.45) is 11.8 Å². The maximum Gasteiger partial charge on any atom is 0.229 e. The van der Waals surface area contributed by atoms with Gasteiger partial charge in [-0.1, -0.05) is 0 Å². The summed E-state index contributed by atoms with van der Waals surface area (Å²) in [6.07, 6.45) is 3.67. The van der Waals surface area contributed by atoms with Gasteiger partial charge in [0.25, 0.3) is 0 Å². The standard InChI is InChI=1S/C20H21N3O4/c24-18-10-14(11-23(18)12-17-2-1-9-27-17)20(26)22-16-7-5-15(6-8-16)21-19(25)13-3-4-13/h1-2,5-9,13-14H,3-4,10-12H2,(H,21,25)(H,22,26). The molecule has 2 heterocycles. The number of carbonyl (C=O) groups is 3. The smallest absolute Gasteiger partial charge is 0.229 e. The number of carbonyl (C=O) groups excluding carboxylic acids is 3. The van der Waals surface area contributed by atoms with Crippen molar-refractivity contribution in [1.29, 1.82) is 0 Å². The van der Waals surface area contributed by atoms with E-state index in [0.29, 0.717) is 30.2 Å². The van der Waals surface area contributed by atoms with Crippen molar-refractivity contribution in [1.82, 2.24) is 4.90 Å². The van der Waals surface area contributed by atoms with E-state index < -0.39 is 0 Å². The second-order valence-electron chi connectivity index (χ2n) is 7.08. The summed E-state index contributed by atoms with van der Waals surface area (Å²) in [7, 11) is 0. The zero-order valence-corrected chi connectivity index (χ0v) is 14.8. The van der Waals surface area contributed by atoms with Crippen LogP contribution >= 0.6 is 0 Å². The first-order chi connectivity index (χ1) is 13.1. The van der Waals surface area contributed by atoms with Crippen molar-refractivity contribution in [3.63, 3.8) is 0 Å². The van der Waals surface area contributed by atoms with Gasteiger partial charge in [-0.25, -0.2) is 0 Å². The predicted molar refractivity (Wildman–Crippen MR) is 98.7 cm³/mol. The first kappa shape index (κ1) is 17.3. The fraction of sp³-hybridized carbons (Fsp3) is 0.350. The van der Waals surface area contributed by atoms with E-state index in [1.165, 1.54) is 0 Å². The number of hydrogen-bond acceptors (Lipinski definition) is 4. The second kappa shape index (κ2) is 7.26. The molecule has 1 saturated heterocycles. The molecule has 1 aromatic heterocycles. The Labute approximate surface area is 156 Å². The summed E-state index contributed by atoms with van der Waals surface area (Å²) in [6, 6.07) is 10.6. The molecule has 1 saturated carbocycles. The van der Waals surface area contributed by atoms with Gasteiger partial charge in [-0.15, -0.1) is 0 Å². The lowest BCUT2D eigenvalue weighted by molar-refractivity contribution is -0.128. The van der Waals surface area contributed by atoms with Crippen LogP contribution in [0.25, 0.3) is 0 Å². The lowest BCUT2D eigenvalue weighted by Crippen LogP contribution is -2.27. The quantitative estimate of drug-likeness (QED) is 0.821. The minimum absolute atomic E-state index is 0.0490. The van der Waals surface area contributed by atoms with Gasteiger partial charge in [0, 0.05) is 30.3 Å². The molecular formula is C20H21N3O4. The molecule has 2 aliphatic rings. The average molecular weight is 367 g/mol. The third kappa shape index (κ3) is 4.19. The molecule has 0 radical (unpaired) electrons. The number of rotatable bonds is 6. The zero-order valence-electron chi connectivity index (χ0n) is 14.8.